The fraction of sp³-hybridized carbons (Fsp3) is 0.857. The van der Waals surface area contributed by atoms with Crippen LogP contribution in [0.1, 0.15) is 46.0 Å². The van der Waals surface area contributed by atoms with Crippen LogP contribution < -0.4 is 0 Å². The molecule has 10 atom stereocenters. The largest absolute Gasteiger partial charge is 0.393 e. The molecule has 0 aliphatic heterocycles. The number of carbonyl (C=O) groups is 3. The van der Waals surface area contributed by atoms with Crippen LogP contribution in [0.4, 0.5) is 4.39 Å². The predicted octanol–water partition coefficient (Wildman–Crippen LogP) is 1.36. The van der Waals surface area contributed by atoms with Crippen molar-refractivity contribution in [3.63, 3.8) is 0 Å². The molecular formula is C21H28BrFO6. The van der Waals surface area contributed by atoms with Gasteiger partial charge in [-0.05, 0) is 37.5 Å². The van der Waals surface area contributed by atoms with Gasteiger partial charge in [0, 0.05) is 29.1 Å². The lowest BCUT2D eigenvalue weighted by Crippen LogP contribution is -2.68. The van der Waals surface area contributed by atoms with E-state index < -0.39 is 63.7 Å². The zero-order valence-corrected chi connectivity index (χ0v) is 18.2. The van der Waals surface area contributed by atoms with E-state index in [1.54, 1.807) is 13.8 Å². The van der Waals surface area contributed by atoms with E-state index in [-0.39, 0.29) is 43.2 Å². The van der Waals surface area contributed by atoms with Crippen LogP contribution in [0.25, 0.3) is 0 Å². The summed E-state index contributed by atoms with van der Waals surface area (Å²) in [7, 11) is 0. The third kappa shape index (κ3) is 2.52. The van der Waals surface area contributed by atoms with Gasteiger partial charge in [0.05, 0.1) is 6.10 Å². The van der Waals surface area contributed by atoms with Gasteiger partial charge >= 0.3 is 0 Å². The quantitative estimate of drug-likeness (QED) is 0.411. The highest BCUT2D eigenvalue weighted by molar-refractivity contribution is 9.10. The van der Waals surface area contributed by atoms with Crippen LogP contribution in [0.5, 0.6) is 0 Å². The molecule has 0 heterocycles. The van der Waals surface area contributed by atoms with Gasteiger partial charge in [-0.1, -0.05) is 29.8 Å². The molecule has 0 bridgehead atoms. The van der Waals surface area contributed by atoms with Crippen LogP contribution in [0.2, 0.25) is 0 Å². The molecule has 162 valence electrons. The van der Waals surface area contributed by atoms with Crippen molar-refractivity contribution >= 4 is 33.3 Å². The average Bonchev–Trinajstić information content (AvgIpc) is 2.93. The molecule has 4 unspecified atom stereocenters. The summed E-state index contributed by atoms with van der Waals surface area (Å²) in [6.45, 7) is 2.62. The van der Waals surface area contributed by atoms with Crippen LogP contribution in [-0.2, 0) is 14.4 Å². The number of aliphatic hydroxyl groups is 3. The number of hydrogen-bond donors (Lipinski definition) is 3. The molecule has 0 spiro atoms. The van der Waals surface area contributed by atoms with E-state index in [1.807, 2.05) is 0 Å². The maximum absolute atomic E-state index is 15.4. The maximum atomic E-state index is 15.4. The number of ketones is 3. The Bertz CT molecular complexity index is 774. The Morgan fingerprint density at radius 2 is 1.93 bits per heavy atom. The second-order valence-electron chi connectivity index (χ2n) is 10.0. The Morgan fingerprint density at radius 3 is 2.55 bits per heavy atom. The second-order valence-corrected chi connectivity index (χ2v) is 10.9. The summed E-state index contributed by atoms with van der Waals surface area (Å²) >= 11 is 3.17. The van der Waals surface area contributed by atoms with Gasteiger partial charge in [0.15, 0.2) is 17.3 Å². The monoisotopic (exact) mass is 474 g/mol. The van der Waals surface area contributed by atoms with Gasteiger partial charge in [0.25, 0.3) is 0 Å². The fourth-order valence-corrected chi connectivity index (χ4v) is 8.28. The smallest absolute Gasteiger partial charge is 0.190 e. The molecule has 0 aromatic rings. The Kier molecular flexibility index (Phi) is 4.93. The van der Waals surface area contributed by atoms with E-state index in [9.17, 15) is 29.7 Å². The number of alkyl halides is 2. The molecular weight excluding hydrogens is 447 g/mol. The summed E-state index contributed by atoms with van der Waals surface area (Å²) in [5, 5.41) is 31.8. The third-order valence-electron chi connectivity index (χ3n) is 9.07. The number of rotatable bonds is 2. The number of carbonyl (C=O) groups excluding carboxylic acids is 3. The lowest BCUT2D eigenvalue weighted by Gasteiger charge is -2.62. The number of aliphatic hydroxyl groups excluding tert-OH is 2. The summed E-state index contributed by atoms with van der Waals surface area (Å²) < 4.78 is 15.4. The van der Waals surface area contributed by atoms with Gasteiger partial charge < -0.3 is 15.3 Å². The molecule has 0 aromatic carbocycles. The van der Waals surface area contributed by atoms with Crippen LogP contribution in [-0.4, -0.2) is 62.0 Å². The highest BCUT2D eigenvalue weighted by Crippen LogP contribution is 2.68. The normalized spacial score (nSPS) is 54.5. The number of Topliss-reactive ketones (excluding diaryl/α,β-unsaturated/α-hetero) is 3. The van der Waals surface area contributed by atoms with E-state index >= 15 is 4.39 Å². The zero-order chi connectivity index (χ0) is 21.5. The standard InChI is InChI=1S/C21H28BrFO6/c1-19-7-14(26)16-9(10(19)3-4-21(19,29)15(27)8-24)5-12(23)11-6-13(25)17(22)18(28)20(11,16)2/h9-12,14,16-17,24,26,29H,3-8H2,1-2H3/t9-,10-,11?,12?,14?,16+,17?,19-,20-,21-/m0/s1. The molecule has 4 saturated carbocycles. The van der Waals surface area contributed by atoms with E-state index in [0.29, 0.717) is 6.42 Å². The Balaban J connectivity index is 1.79. The predicted molar refractivity (Wildman–Crippen MR) is 104 cm³/mol. The van der Waals surface area contributed by atoms with Crippen LogP contribution in [0.15, 0.2) is 0 Å². The van der Waals surface area contributed by atoms with Crippen molar-refractivity contribution < 1.29 is 34.1 Å². The van der Waals surface area contributed by atoms with Crippen molar-refractivity contribution in [2.75, 3.05) is 6.61 Å². The van der Waals surface area contributed by atoms with Crippen molar-refractivity contribution in [3.8, 4) is 0 Å². The first-order chi connectivity index (χ1) is 13.4. The molecule has 4 fully saturated rings. The van der Waals surface area contributed by atoms with Crippen LogP contribution >= 0.6 is 15.9 Å². The van der Waals surface area contributed by atoms with Crippen molar-refractivity contribution in [2.45, 2.75) is 68.7 Å². The summed E-state index contributed by atoms with van der Waals surface area (Å²) in [6.07, 6.45) is -1.63. The fourth-order valence-electron chi connectivity index (χ4n) is 7.60. The van der Waals surface area contributed by atoms with Gasteiger partial charge in [0.2, 0.25) is 0 Å². The second kappa shape index (κ2) is 6.65. The molecule has 0 amide bonds. The highest BCUT2D eigenvalue weighted by Gasteiger charge is 2.72. The SMILES string of the molecule is C[C@]12C(=O)C(Br)C(=O)CC1C(F)C[C@@H]1[C@@H]2C(O)C[C@@]2(C)[C@H]1CC[C@]2(O)C(=O)CO. The number of hydrogen-bond acceptors (Lipinski definition) is 6. The minimum atomic E-state index is -1.77. The van der Waals surface area contributed by atoms with Gasteiger partial charge in [-0.3, -0.25) is 14.4 Å². The molecule has 4 rings (SSSR count). The molecule has 0 aromatic heterocycles. The summed E-state index contributed by atoms with van der Waals surface area (Å²) in [5.74, 6) is -3.33. The number of fused-ring (bicyclic) bond motifs is 5. The lowest BCUT2D eigenvalue weighted by molar-refractivity contribution is -0.207. The summed E-state index contributed by atoms with van der Waals surface area (Å²) in [5.41, 5.74) is -3.96. The molecule has 0 radical (unpaired) electrons. The van der Waals surface area contributed by atoms with Crippen molar-refractivity contribution in [1.29, 1.82) is 0 Å². The van der Waals surface area contributed by atoms with Crippen LogP contribution in [0, 0.1) is 34.5 Å². The summed E-state index contributed by atoms with van der Waals surface area (Å²) in [4.78, 5) is 36.8. The van der Waals surface area contributed by atoms with Gasteiger partial charge in [-0.25, -0.2) is 4.39 Å². The third-order valence-corrected chi connectivity index (χ3v) is 10.00. The average molecular weight is 475 g/mol. The number of halogens is 2. The molecule has 4 aliphatic carbocycles. The van der Waals surface area contributed by atoms with Crippen molar-refractivity contribution in [1.82, 2.24) is 0 Å². The van der Waals surface area contributed by atoms with E-state index in [4.69, 9.17) is 0 Å². The Labute approximate surface area is 177 Å². The zero-order valence-electron chi connectivity index (χ0n) is 16.6. The molecule has 3 N–H and O–H groups in total. The molecule has 0 saturated heterocycles. The minimum Gasteiger partial charge on any atom is -0.393 e. The van der Waals surface area contributed by atoms with Crippen molar-refractivity contribution in [3.05, 3.63) is 0 Å². The van der Waals surface area contributed by atoms with E-state index in [1.165, 1.54) is 0 Å². The van der Waals surface area contributed by atoms with Gasteiger partial charge in [-0.2, -0.15) is 0 Å². The first kappa shape index (κ1) is 21.5. The van der Waals surface area contributed by atoms with Crippen LogP contribution in [0.3, 0.4) is 0 Å². The minimum absolute atomic E-state index is 0.0376. The Morgan fingerprint density at radius 1 is 1.28 bits per heavy atom. The van der Waals surface area contributed by atoms with Gasteiger partial charge in [-0.15, -0.1) is 0 Å². The van der Waals surface area contributed by atoms with E-state index in [0.717, 1.165) is 0 Å². The van der Waals surface area contributed by atoms with Crippen molar-refractivity contribution in [2.24, 2.45) is 34.5 Å². The molecule has 6 nitrogen and oxygen atoms in total. The Hall–Kier alpha value is -0.700. The molecule has 4 aliphatic rings. The first-order valence-electron chi connectivity index (χ1n) is 10.3. The van der Waals surface area contributed by atoms with Gasteiger partial charge in [0.1, 0.15) is 23.2 Å². The molecule has 8 heteroatoms. The summed E-state index contributed by atoms with van der Waals surface area (Å²) in [6, 6.07) is 0. The van der Waals surface area contributed by atoms with E-state index in [2.05, 4.69) is 15.9 Å². The maximum Gasteiger partial charge on any atom is 0.190 e. The molecule has 29 heavy (non-hydrogen) atoms. The topological polar surface area (TPSA) is 112 Å². The first-order valence-corrected chi connectivity index (χ1v) is 11.2. The highest BCUT2D eigenvalue weighted by atomic mass is 79.9. The lowest BCUT2D eigenvalue weighted by atomic mass is 9.43.